The molecule has 0 saturated heterocycles. The molecule has 0 saturated carbocycles. The van der Waals surface area contributed by atoms with Crippen LogP contribution in [0.15, 0.2) is 28.8 Å². The number of nitrogens with zero attached hydrogens (tertiary/aromatic N) is 2. The average molecular weight is 335 g/mol. The lowest BCUT2D eigenvalue weighted by molar-refractivity contribution is 0.0600. The summed E-state index contributed by atoms with van der Waals surface area (Å²) in [4.78, 5) is 26.9. The Morgan fingerprint density at radius 1 is 1.33 bits per heavy atom. The standard InChI is InChI=1S/C15H17N3O6/c1-9(19)7-16-13(20)14-17-12(18-24-14)8-23-11-5-3-10(4-6-11)15(21)22-2/h3-6,9,19H,7-8H2,1-2H3,(H,16,20)/t9-/m1/s1. The van der Waals surface area contributed by atoms with Gasteiger partial charge in [-0.05, 0) is 31.2 Å². The van der Waals surface area contributed by atoms with Crippen LogP contribution in [0.2, 0.25) is 0 Å². The number of carbonyl (C=O) groups is 2. The van der Waals surface area contributed by atoms with Gasteiger partial charge in [-0.15, -0.1) is 0 Å². The average Bonchev–Trinajstić information content (AvgIpc) is 3.06. The van der Waals surface area contributed by atoms with E-state index in [1.165, 1.54) is 7.11 Å². The van der Waals surface area contributed by atoms with E-state index in [1.54, 1.807) is 31.2 Å². The number of carbonyl (C=O) groups excluding carboxylic acids is 2. The first-order chi connectivity index (χ1) is 11.5. The Morgan fingerprint density at radius 3 is 2.67 bits per heavy atom. The summed E-state index contributed by atoms with van der Waals surface area (Å²) in [7, 11) is 1.30. The number of nitrogens with one attached hydrogen (secondary N) is 1. The molecule has 9 heteroatoms. The van der Waals surface area contributed by atoms with Crippen molar-refractivity contribution in [3.8, 4) is 5.75 Å². The number of hydrogen-bond acceptors (Lipinski definition) is 8. The summed E-state index contributed by atoms with van der Waals surface area (Å²) in [6.07, 6.45) is -0.673. The fourth-order valence-corrected chi connectivity index (χ4v) is 1.67. The first-order valence-corrected chi connectivity index (χ1v) is 7.09. The van der Waals surface area contributed by atoms with Crippen molar-refractivity contribution in [3.05, 3.63) is 41.5 Å². The summed E-state index contributed by atoms with van der Waals surface area (Å²) in [6, 6.07) is 6.32. The number of esters is 1. The summed E-state index contributed by atoms with van der Waals surface area (Å²) in [5.74, 6) is -0.540. The van der Waals surface area contributed by atoms with Gasteiger partial charge in [0.1, 0.15) is 5.75 Å². The fraction of sp³-hybridized carbons (Fsp3) is 0.333. The number of benzene rings is 1. The molecule has 1 amide bonds. The lowest BCUT2D eigenvalue weighted by Gasteiger charge is -2.04. The zero-order valence-corrected chi connectivity index (χ0v) is 13.2. The minimum Gasteiger partial charge on any atom is -0.485 e. The van der Waals surface area contributed by atoms with Crippen LogP contribution in [0.25, 0.3) is 0 Å². The third-order valence-corrected chi connectivity index (χ3v) is 2.86. The maximum Gasteiger partial charge on any atom is 0.337 e. The molecule has 0 bridgehead atoms. The van der Waals surface area contributed by atoms with Gasteiger partial charge >= 0.3 is 17.8 Å². The van der Waals surface area contributed by atoms with E-state index in [0.717, 1.165) is 0 Å². The summed E-state index contributed by atoms with van der Waals surface area (Å²) < 4.78 is 14.9. The number of ether oxygens (including phenoxy) is 2. The van der Waals surface area contributed by atoms with E-state index in [9.17, 15) is 9.59 Å². The van der Waals surface area contributed by atoms with Gasteiger partial charge in [0.05, 0.1) is 18.8 Å². The van der Waals surface area contributed by atoms with Crippen molar-refractivity contribution in [2.24, 2.45) is 0 Å². The molecule has 1 atom stereocenters. The zero-order chi connectivity index (χ0) is 17.5. The van der Waals surface area contributed by atoms with Crippen molar-refractivity contribution < 1.29 is 28.7 Å². The molecular formula is C15H17N3O6. The lowest BCUT2D eigenvalue weighted by Crippen LogP contribution is -2.30. The van der Waals surface area contributed by atoms with Crippen LogP contribution in [-0.2, 0) is 11.3 Å². The second-order valence-corrected chi connectivity index (χ2v) is 4.88. The summed E-state index contributed by atoms with van der Waals surface area (Å²) >= 11 is 0. The maximum atomic E-state index is 11.7. The van der Waals surface area contributed by atoms with E-state index >= 15 is 0 Å². The van der Waals surface area contributed by atoms with Crippen molar-refractivity contribution in [3.63, 3.8) is 0 Å². The third-order valence-electron chi connectivity index (χ3n) is 2.86. The number of amides is 1. The normalized spacial score (nSPS) is 11.6. The summed E-state index contributed by atoms with van der Waals surface area (Å²) in [5, 5.41) is 15.2. The van der Waals surface area contributed by atoms with Crippen LogP contribution in [0.3, 0.4) is 0 Å². The van der Waals surface area contributed by atoms with Crippen molar-refractivity contribution in [2.75, 3.05) is 13.7 Å². The summed E-state index contributed by atoms with van der Waals surface area (Å²) in [6.45, 7) is 1.61. The highest BCUT2D eigenvalue weighted by molar-refractivity contribution is 5.89. The van der Waals surface area contributed by atoms with Crippen molar-refractivity contribution >= 4 is 11.9 Å². The summed E-state index contributed by atoms with van der Waals surface area (Å²) in [5.41, 5.74) is 0.404. The van der Waals surface area contributed by atoms with Gasteiger partial charge in [-0.25, -0.2) is 4.79 Å². The number of methoxy groups -OCH3 is 1. The molecule has 1 aromatic carbocycles. The predicted octanol–water partition coefficient (Wildman–Crippen LogP) is 0.546. The van der Waals surface area contributed by atoms with Gasteiger partial charge in [-0.2, -0.15) is 4.98 Å². The van der Waals surface area contributed by atoms with Gasteiger partial charge in [-0.3, -0.25) is 4.79 Å². The molecule has 0 aliphatic carbocycles. The highest BCUT2D eigenvalue weighted by Crippen LogP contribution is 2.14. The second-order valence-electron chi connectivity index (χ2n) is 4.88. The van der Waals surface area contributed by atoms with Gasteiger partial charge in [0.15, 0.2) is 6.61 Å². The van der Waals surface area contributed by atoms with E-state index < -0.39 is 18.0 Å². The van der Waals surface area contributed by atoms with Crippen LogP contribution in [0.1, 0.15) is 33.8 Å². The van der Waals surface area contributed by atoms with Crippen molar-refractivity contribution in [2.45, 2.75) is 19.6 Å². The minimum atomic E-state index is -0.673. The number of rotatable bonds is 7. The largest absolute Gasteiger partial charge is 0.485 e. The Balaban J connectivity index is 1.88. The topological polar surface area (TPSA) is 124 Å². The highest BCUT2D eigenvalue weighted by atomic mass is 16.5. The smallest absolute Gasteiger partial charge is 0.337 e. The zero-order valence-electron chi connectivity index (χ0n) is 13.2. The van der Waals surface area contributed by atoms with Crippen LogP contribution < -0.4 is 10.1 Å². The van der Waals surface area contributed by atoms with E-state index in [2.05, 4.69) is 20.2 Å². The highest BCUT2D eigenvalue weighted by Gasteiger charge is 2.15. The molecule has 1 aromatic heterocycles. The minimum absolute atomic E-state index is 0.00917. The molecule has 0 radical (unpaired) electrons. The molecule has 2 N–H and O–H groups in total. The van der Waals surface area contributed by atoms with Crippen LogP contribution >= 0.6 is 0 Å². The Hall–Kier alpha value is -2.94. The van der Waals surface area contributed by atoms with Crippen molar-refractivity contribution in [1.82, 2.24) is 15.5 Å². The van der Waals surface area contributed by atoms with Crippen molar-refractivity contribution in [1.29, 1.82) is 0 Å². The molecular weight excluding hydrogens is 318 g/mol. The molecule has 9 nitrogen and oxygen atoms in total. The quantitative estimate of drug-likeness (QED) is 0.703. The third kappa shape index (κ3) is 4.78. The SMILES string of the molecule is COC(=O)c1ccc(OCc2noc(C(=O)NC[C@@H](C)O)n2)cc1. The van der Waals surface area contributed by atoms with Gasteiger partial charge < -0.3 is 24.4 Å². The molecule has 0 aliphatic heterocycles. The Morgan fingerprint density at radius 2 is 2.04 bits per heavy atom. The van der Waals surface area contributed by atoms with Gasteiger partial charge in [-0.1, -0.05) is 5.16 Å². The number of aromatic nitrogens is 2. The Kier molecular flexibility index (Phi) is 5.85. The van der Waals surface area contributed by atoms with E-state index in [-0.39, 0.29) is 24.9 Å². The number of hydrogen-bond donors (Lipinski definition) is 2. The predicted molar refractivity (Wildman–Crippen MR) is 80.4 cm³/mol. The molecule has 2 aromatic rings. The number of aliphatic hydroxyl groups excluding tert-OH is 1. The van der Waals surface area contributed by atoms with E-state index in [0.29, 0.717) is 11.3 Å². The molecule has 1 heterocycles. The molecule has 0 aliphatic rings. The van der Waals surface area contributed by atoms with Crippen LogP contribution in [0.5, 0.6) is 5.75 Å². The monoisotopic (exact) mass is 335 g/mol. The first-order valence-electron chi connectivity index (χ1n) is 7.09. The van der Waals surface area contributed by atoms with Crippen LogP contribution in [0, 0.1) is 0 Å². The Bertz CT molecular complexity index is 695. The van der Waals surface area contributed by atoms with Gasteiger partial charge in [0.25, 0.3) is 0 Å². The van der Waals surface area contributed by atoms with Gasteiger partial charge in [0.2, 0.25) is 5.82 Å². The number of aliphatic hydroxyl groups is 1. The molecule has 0 unspecified atom stereocenters. The molecule has 128 valence electrons. The van der Waals surface area contributed by atoms with Gasteiger partial charge in [0, 0.05) is 6.54 Å². The van der Waals surface area contributed by atoms with Crippen LogP contribution in [0.4, 0.5) is 0 Å². The van der Waals surface area contributed by atoms with E-state index in [1.807, 2.05) is 0 Å². The second kappa shape index (κ2) is 8.06. The lowest BCUT2D eigenvalue weighted by atomic mass is 10.2. The molecule has 24 heavy (non-hydrogen) atoms. The Labute approximate surface area is 137 Å². The van der Waals surface area contributed by atoms with E-state index in [4.69, 9.17) is 14.4 Å². The fourth-order valence-electron chi connectivity index (χ4n) is 1.67. The molecule has 2 rings (SSSR count). The maximum absolute atomic E-state index is 11.7. The van der Waals surface area contributed by atoms with Crippen LogP contribution in [-0.4, -0.2) is 46.9 Å². The molecule has 0 fully saturated rings. The first kappa shape index (κ1) is 17.4. The molecule has 0 spiro atoms.